The highest BCUT2D eigenvalue weighted by molar-refractivity contribution is 5.76. The number of aryl methyl sites for hydroxylation is 3. The van der Waals surface area contributed by atoms with Gasteiger partial charge in [0.1, 0.15) is 6.54 Å². The second-order valence-electron chi connectivity index (χ2n) is 7.91. The van der Waals surface area contributed by atoms with E-state index in [0.717, 1.165) is 41.4 Å². The van der Waals surface area contributed by atoms with Gasteiger partial charge in [-0.2, -0.15) is 0 Å². The minimum atomic E-state index is -0.489. The molecule has 0 saturated carbocycles. The van der Waals surface area contributed by atoms with Crippen LogP contribution in [0.2, 0.25) is 0 Å². The third-order valence-electron chi connectivity index (χ3n) is 5.38. The van der Waals surface area contributed by atoms with E-state index in [1.165, 1.54) is 4.57 Å². The van der Waals surface area contributed by atoms with Crippen LogP contribution in [0, 0.1) is 6.92 Å². The van der Waals surface area contributed by atoms with Crippen LogP contribution in [0.3, 0.4) is 0 Å². The summed E-state index contributed by atoms with van der Waals surface area (Å²) in [5, 5.41) is 2.81. The largest absolute Gasteiger partial charge is 0.350 e. The molecule has 2 aromatic heterocycles. The monoisotopic (exact) mass is 425 g/mol. The molecule has 1 N–H and O–H groups in total. The summed E-state index contributed by atoms with van der Waals surface area (Å²) < 4.78 is 4.35. The number of carbonyl (C=O) groups excluding carboxylic acids is 1. The molecule has 0 saturated heterocycles. The zero-order chi connectivity index (χ0) is 22.4. The lowest BCUT2D eigenvalue weighted by atomic mass is 10.1. The van der Waals surface area contributed by atoms with Crippen LogP contribution in [0.15, 0.2) is 40.2 Å². The first-order valence-corrected chi connectivity index (χ1v) is 11.0. The van der Waals surface area contributed by atoms with Crippen molar-refractivity contribution in [1.29, 1.82) is 0 Å². The molecule has 8 nitrogen and oxygen atoms in total. The Bertz CT molecular complexity index is 1150. The van der Waals surface area contributed by atoms with Gasteiger partial charge < -0.3 is 9.88 Å². The first-order valence-electron chi connectivity index (χ1n) is 11.0. The van der Waals surface area contributed by atoms with Gasteiger partial charge in [0.2, 0.25) is 5.91 Å². The van der Waals surface area contributed by atoms with Gasteiger partial charge >= 0.3 is 5.69 Å². The number of nitrogens with zero attached hydrogens (tertiary/aromatic N) is 4. The number of carbonyl (C=O) groups is 1. The molecule has 3 aromatic rings. The SMILES string of the molecule is CCCCn1cnc2c1c(=O)n(CC(=O)NCc1ccc(C)cc1)c(=O)n2CCCC. The van der Waals surface area contributed by atoms with Crippen LogP contribution in [0.4, 0.5) is 0 Å². The summed E-state index contributed by atoms with van der Waals surface area (Å²) >= 11 is 0. The van der Waals surface area contributed by atoms with Gasteiger partial charge in [0.15, 0.2) is 11.2 Å². The molecule has 1 amide bonds. The van der Waals surface area contributed by atoms with E-state index in [1.807, 2.05) is 38.1 Å². The van der Waals surface area contributed by atoms with Crippen molar-refractivity contribution in [3.63, 3.8) is 0 Å². The Hall–Kier alpha value is -3.16. The fourth-order valence-corrected chi connectivity index (χ4v) is 3.50. The highest BCUT2D eigenvalue weighted by atomic mass is 16.2. The van der Waals surface area contributed by atoms with Crippen LogP contribution in [0.25, 0.3) is 11.2 Å². The Kier molecular flexibility index (Phi) is 7.44. The van der Waals surface area contributed by atoms with Gasteiger partial charge in [0, 0.05) is 19.6 Å². The minimum absolute atomic E-state index is 0.315. The topological polar surface area (TPSA) is 90.9 Å². The summed E-state index contributed by atoms with van der Waals surface area (Å²) in [7, 11) is 0. The number of rotatable bonds is 10. The van der Waals surface area contributed by atoms with Crippen LogP contribution < -0.4 is 16.6 Å². The first kappa shape index (κ1) is 22.5. The molecular weight excluding hydrogens is 394 g/mol. The van der Waals surface area contributed by atoms with Gasteiger partial charge in [-0.05, 0) is 25.3 Å². The van der Waals surface area contributed by atoms with E-state index in [9.17, 15) is 14.4 Å². The Morgan fingerprint density at radius 2 is 1.68 bits per heavy atom. The normalized spacial score (nSPS) is 11.2. The van der Waals surface area contributed by atoms with E-state index in [1.54, 1.807) is 10.9 Å². The lowest BCUT2D eigenvalue weighted by Gasteiger charge is -2.12. The van der Waals surface area contributed by atoms with Crippen molar-refractivity contribution in [3.8, 4) is 0 Å². The number of fused-ring (bicyclic) bond motifs is 1. The molecule has 0 spiro atoms. The van der Waals surface area contributed by atoms with Crippen LogP contribution in [-0.4, -0.2) is 24.6 Å². The third kappa shape index (κ3) is 5.13. The molecule has 8 heteroatoms. The van der Waals surface area contributed by atoms with Crippen LogP contribution in [0.5, 0.6) is 0 Å². The minimum Gasteiger partial charge on any atom is -0.350 e. The zero-order valence-corrected chi connectivity index (χ0v) is 18.6. The van der Waals surface area contributed by atoms with Crippen molar-refractivity contribution in [3.05, 3.63) is 62.6 Å². The average molecular weight is 426 g/mol. The molecule has 0 atom stereocenters. The molecule has 0 radical (unpaired) electrons. The summed E-state index contributed by atoms with van der Waals surface area (Å²) in [5.74, 6) is -0.374. The molecule has 0 unspecified atom stereocenters. The zero-order valence-electron chi connectivity index (χ0n) is 18.6. The molecule has 166 valence electrons. The summed E-state index contributed by atoms with van der Waals surface area (Å²) in [6, 6.07) is 7.84. The maximum atomic E-state index is 13.2. The molecule has 0 aliphatic rings. The van der Waals surface area contributed by atoms with Gasteiger partial charge in [0.25, 0.3) is 5.56 Å². The van der Waals surface area contributed by atoms with Crippen LogP contribution in [-0.2, 0) is 31.0 Å². The first-order chi connectivity index (χ1) is 15.0. The number of amides is 1. The summed E-state index contributed by atoms with van der Waals surface area (Å²) in [4.78, 5) is 43.2. The van der Waals surface area contributed by atoms with Crippen LogP contribution in [0.1, 0.15) is 50.7 Å². The number of hydrogen-bond donors (Lipinski definition) is 1. The number of hydrogen-bond acceptors (Lipinski definition) is 4. The van der Waals surface area contributed by atoms with E-state index in [4.69, 9.17) is 0 Å². The van der Waals surface area contributed by atoms with Crippen molar-refractivity contribution in [2.24, 2.45) is 0 Å². The highest BCUT2D eigenvalue weighted by Crippen LogP contribution is 2.09. The van der Waals surface area contributed by atoms with E-state index in [0.29, 0.717) is 30.8 Å². The lowest BCUT2D eigenvalue weighted by Crippen LogP contribution is -2.44. The second-order valence-corrected chi connectivity index (χ2v) is 7.91. The van der Waals surface area contributed by atoms with Gasteiger partial charge in [-0.25, -0.2) is 14.3 Å². The molecule has 0 aliphatic carbocycles. The molecule has 0 fully saturated rings. The quantitative estimate of drug-likeness (QED) is 0.541. The highest BCUT2D eigenvalue weighted by Gasteiger charge is 2.19. The van der Waals surface area contributed by atoms with Gasteiger partial charge in [-0.1, -0.05) is 56.5 Å². The van der Waals surface area contributed by atoms with Crippen molar-refractivity contribution in [2.45, 2.75) is 72.6 Å². The number of nitrogens with one attached hydrogen (secondary N) is 1. The molecule has 3 rings (SSSR count). The Morgan fingerprint density at radius 1 is 1.00 bits per heavy atom. The molecule has 2 heterocycles. The predicted octanol–water partition coefficient (Wildman–Crippen LogP) is 2.58. The van der Waals surface area contributed by atoms with Crippen LogP contribution >= 0.6 is 0 Å². The van der Waals surface area contributed by atoms with Crippen molar-refractivity contribution < 1.29 is 4.79 Å². The number of aromatic nitrogens is 4. The maximum Gasteiger partial charge on any atom is 0.333 e. The van der Waals surface area contributed by atoms with E-state index >= 15 is 0 Å². The van der Waals surface area contributed by atoms with Crippen molar-refractivity contribution >= 4 is 17.1 Å². The van der Waals surface area contributed by atoms with Crippen molar-refractivity contribution in [1.82, 2.24) is 24.0 Å². The third-order valence-corrected chi connectivity index (χ3v) is 5.38. The molecule has 1 aromatic carbocycles. The fourth-order valence-electron chi connectivity index (χ4n) is 3.50. The Balaban J connectivity index is 1.92. The van der Waals surface area contributed by atoms with Crippen molar-refractivity contribution in [2.75, 3.05) is 0 Å². The predicted molar refractivity (Wildman–Crippen MR) is 121 cm³/mol. The van der Waals surface area contributed by atoms with Gasteiger partial charge in [-0.15, -0.1) is 0 Å². The maximum absolute atomic E-state index is 13.2. The summed E-state index contributed by atoms with van der Waals surface area (Å²) in [6.07, 6.45) is 5.18. The van der Waals surface area contributed by atoms with E-state index < -0.39 is 11.2 Å². The molecule has 31 heavy (non-hydrogen) atoms. The standard InChI is InChI=1S/C23H31N5O3/c1-4-6-12-26-16-25-21-20(26)22(30)28(23(31)27(21)13-7-5-2)15-19(29)24-14-18-10-8-17(3)9-11-18/h8-11,16H,4-7,12-15H2,1-3H3,(H,24,29). The number of imidazole rings is 1. The summed E-state index contributed by atoms with van der Waals surface area (Å²) in [5.41, 5.74) is 1.93. The Morgan fingerprint density at radius 3 is 2.35 bits per heavy atom. The molecule has 0 bridgehead atoms. The number of unbranched alkanes of at least 4 members (excludes halogenated alkanes) is 2. The average Bonchev–Trinajstić information content (AvgIpc) is 3.18. The fraction of sp³-hybridized carbons (Fsp3) is 0.478. The molecule has 0 aliphatic heterocycles. The second kappa shape index (κ2) is 10.2. The Labute approximate surface area is 181 Å². The summed E-state index contributed by atoms with van der Waals surface area (Å²) in [6.45, 7) is 7.25. The molecular formula is C23H31N5O3. The van der Waals surface area contributed by atoms with Gasteiger partial charge in [0.05, 0.1) is 6.33 Å². The van der Waals surface area contributed by atoms with E-state index in [-0.39, 0.29) is 12.5 Å². The van der Waals surface area contributed by atoms with Gasteiger partial charge in [-0.3, -0.25) is 14.2 Å². The lowest BCUT2D eigenvalue weighted by molar-refractivity contribution is -0.121. The smallest absolute Gasteiger partial charge is 0.333 e. The number of benzene rings is 1. The van der Waals surface area contributed by atoms with E-state index in [2.05, 4.69) is 17.2 Å².